The lowest BCUT2D eigenvalue weighted by atomic mass is 10.2. The Morgan fingerprint density at radius 2 is 1.93 bits per heavy atom. The number of halogens is 2. The molecule has 1 N–H and O–H groups in total. The molecule has 1 unspecified atom stereocenters. The van der Waals surface area contributed by atoms with Crippen LogP contribution in [-0.4, -0.2) is 41.7 Å². The van der Waals surface area contributed by atoms with Crippen LogP contribution in [0.5, 0.6) is 17.2 Å². The summed E-state index contributed by atoms with van der Waals surface area (Å²) in [4.78, 5) is 9.09. The number of nitrogens with one attached hydrogen (secondary N) is 1. The van der Waals surface area contributed by atoms with E-state index in [0.717, 1.165) is 11.3 Å². The molecule has 0 radical (unpaired) electrons. The number of H-pyrrole nitrogens is 1. The largest absolute Gasteiger partial charge is 0.586 e. The fourth-order valence-electron chi connectivity index (χ4n) is 2.96. The topological polar surface area (TPSA) is 76.7 Å². The molecule has 3 aromatic rings. The number of alkyl halides is 2. The molecule has 10 heteroatoms. The predicted molar refractivity (Wildman–Crippen MR) is 99.7 cm³/mol. The van der Waals surface area contributed by atoms with Gasteiger partial charge in [-0.2, -0.15) is 0 Å². The Morgan fingerprint density at radius 1 is 1.21 bits per heavy atom. The van der Waals surface area contributed by atoms with Gasteiger partial charge in [-0.05, 0) is 11.6 Å². The second-order valence-corrected chi connectivity index (χ2v) is 7.77. The van der Waals surface area contributed by atoms with E-state index in [-0.39, 0.29) is 22.4 Å². The number of anilines is 1. The van der Waals surface area contributed by atoms with E-state index in [4.69, 9.17) is 4.74 Å². The molecule has 7 nitrogen and oxygen atoms in total. The Kier molecular flexibility index (Phi) is 4.37. The highest BCUT2D eigenvalue weighted by Gasteiger charge is 2.43. The molecule has 1 aromatic heterocycles. The van der Waals surface area contributed by atoms with Gasteiger partial charge in [0.1, 0.15) is 5.75 Å². The molecule has 4 rings (SSSR count). The summed E-state index contributed by atoms with van der Waals surface area (Å²) in [5.41, 5.74) is 2.54. The van der Waals surface area contributed by atoms with Crippen molar-refractivity contribution in [3.63, 3.8) is 0 Å². The fraction of sp³-hybridized carbons (Fsp3) is 0.278. The molecule has 0 amide bonds. The molecular weight excluding hydrogens is 392 g/mol. The summed E-state index contributed by atoms with van der Waals surface area (Å²) in [5.74, 6) is 0.727. The minimum atomic E-state index is -3.69. The fourth-order valence-corrected chi connectivity index (χ4v) is 4.04. The van der Waals surface area contributed by atoms with Crippen LogP contribution in [0.25, 0.3) is 11.0 Å². The molecule has 0 bridgehead atoms. The van der Waals surface area contributed by atoms with Gasteiger partial charge in [-0.15, -0.1) is 8.78 Å². The maximum Gasteiger partial charge on any atom is 0.586 e. The lowest BCUT2D eigenvalue weighted by Gasteiger charge is -2.18. The summed E-state index contributed by atoms with van der Waals surface area (Å²) < 4.78 is 53.3. The molecular formula is C18H17F2N3O4S. The maximum absolute atomic E-state index is 13.2. The van der Waals surface area contributed by atoms with Crippen molar-refractivity contribution in [1.29, 1.82) is 0 Å². The van der Waals surface area contributed by atoms with E-state index in [1.165, 1.54) is 12.1 Å². The van der Waals surface area contributed by atoms with E-state index in [1.807, 2.05) is 31.1 Å². The van der Waals surface area contributed by atoms with Gasteiger partial charge >= 0.3 is 6.29 Å². The van der Waals surface area contributed by atoms with Crippen LogP contribution in [0, 0.1) is 0 Å². The molecule has 1 aliphatic rings. The van der Waals surface area contributed by atoms with E-state index < -0.39 is 17.1 Å². The average Bonchev–Trinajstić information content (AvgIpc) is 3.17. The summed E-state index contributed by atoms with van der Waals surface area (Å²) in [5, 5.41) is 0.242. The molecule has 2 aromatic carbocycles. The minimum Gasteiger partial charge on any atom is -0.497 e. The standard InChI is InChI=1S/C18H17F2N3O4S/c1-23(2)14-6-11(25-3)5-4-10(14)9-28(24)17-21-12-7-15-16(8-13(12)22-17)27-18(19,20)26-15/h4-8H,9H2,1-3H3,(H,21,22). The number of nitrogens with zero attached hydrogens (tertiary/aromatic N) is 2. The summed E-state index contributed by atoms with van der Waals surface area (Å²) in [7, 11) is 3.88. The summed E-state index contributed by atoms with van der Waals surface area (Å²) in [6, 6.07) is 8.22. The Hall–Kier alpha value is -2.88. The Labute approximate surface area is 161 Å². The Balaban J connectivity index is 1.62. The zero-order valence-electron chi connectivity index (χ0n) is 15.3. The van der Waals surface area contributed by atoms with Gasteiger partial charge < -0.3 is 24.1 Å². The quantitative estimate of drug-likeness (QED) is 0.697. The predicted octanol–water partition coefficient (Wildman–Crippen LogP) is 3.27. The lowest BCUT2D eigenvalue weighted by molar-refractivity contribution is -0.286. The van der Waals surface area contributed by atoms with Crippen molar-refractivity contribution in [3.05, 3.63) is 35.9 Å². The van der Waals surface area contributed by atoms with Gasteiger partial charge in [0.2, 0.25) is 0 Å². The monoisotopic (exact) mass is 409 g/mol. The van der Waals surface area contributed by atoms with Crippen LogP contribution in [0.4, 0.5) is 14.5 Å². The third-order valence-electron chi connectivity index (χ3n) is 4.26. The van der Waals surface area contributed by atoms with Crippen LogP contribution < -0.4 is 19.1 Å². The number of fused-ring (bicyclic) bond motifs is 2. The molecule has 2 heterocycles. The number of aromatic amines is 1. The molecule has 0 saturated carbocycles. The van der Waals surface area contributed by atoms with Gasteiger partial charge in [-0.25, -0.2) is 4.98 Å². The number of hydrogen-bond donors (Lipinski definition) is 1. The third kappa shape index (κ3) is 3.35. The molecule has 1 atom stereocenters. The lowest BCUT2D eigenvalue weighted by Crippen LogP contribution is -2.25. The van der Waals surface area contributed by atoms with Crippen molar-refractivity contribution in [2.45, 2.75) is 17.2 Å². The number of rotatable bonds is 5. The van der Waals surface area contributed by atoms with Crippen LogP contribution in [0.15, 0.2) is 35.5 Å². The van der Waals surface area contributed by atoms with Gasteiger partial charge in [0, 0.05) is 38.0 Å². The first-order chi connectivity index (χ1) is 13.3. The summed E-state index contributed by atoms with van der Waals surface area (Å²) in [6.45, 7) is 0. The van der Waals surface area contributed by atoms with Gasteiger partial charge in [-0.1, -0.05) is 6.07 Å². The van der Waals surface area contributed by atoms with Crippen LogP contribution in [0.2, 0.25) is 0 Å². The van der Waals surface area contributed by atoms with Crippen molar-refractivity contribution in [2.75, 3.05) is 26.1 Å². The number of benzene rings is 2. The molecule has 0 fully saturated rings. The molecule has 28 heavy (non-hydrogen) atoms. The van der Waals surface area contributed by atoms with Gasteiger partial charge in [0.25, 0.3) is 0 Å². The van der Waals surface area contributed by atoms with Crippen molar-refractivity contribution >= 4 is 27.5 Å². The second-order valence-electron chi connectivity index (χ2n) is 6.40. The van der Waals surface area contributed by atoms with Crippen LogP contribution in [0.3, 0.4) is 0 Å². The number of methoxy groups -OCH3 is 1. The number of ether oxygens (including phenoxy) is 3. The van der Waals surface area contributed by atoms with Crippen molar-refractivity contribution in [2.24, 2.45) is 0 Å². The first-order valence-electron chi connectivity index (χ1n) is 8.28. The first-order valence-corrected chi connectivity index (χ1v) is 9.60. The molecule has 0 saturated heterocycles. The molecule has 0 spiro atoms. The summed E-state index contributed by atoms with van der Waals surface area (Å²) in [6.07, 6.45) is -3.69. The Bertz CT molecular complexity index is 1040. The molecule has 148 valence electrons. The van der Waals surface area contributed by atoms with Gasteiger partial charge in [0.15, 0.2) is 16.7 Å². The van der Waals surface area contributed by atoms with E-state index in [2.05, 4.69) is 19.4 Å². The smallest absolute Gasteiger partial charge is 0.497 e. The third-order valence-corrected chi connectivity index (χ3v) is 5.46. The minimum absolute atomic E-state index is 0.0940. The van der Waals surface area contributed by atoms with Crippen molar-refractivity contribution < 1.29 is 27.2 Å². The van der Waals surface area contributed by atoms with Gasteiger partial charge in [-0.3, -0.25) is 4.21 Å². The summed E-state index contributed by atoms with van der Waals surface area (Å²) >= 11 is 0. The number of hydrogen-bond acceptors (Lipinski definition) is 6. The zero-order chi connectivity index (χ0) is 20.1. The average molecular weight is 409 g/mol. The van der Waals surface area contributed by atoms with E-state index in [0.29, 0.717) is 16.8 Å². The van der Waals surface area contributed by atoms with E-state index in [9.17, 15) is 13.0 Å². The SMILES string of the molecule is COc1ccc(CS(=O)c2nc3cc4c(cc3[nH]2)OC(F)(F)O4)c(N(C)C)c1. The first kappa shape index (κ1) is 18.5. The van der Waals surface area contributed by atoms with E-state index >= 15 is 0 Å². The normalized spacial score (nSPS) is 15.6. The molecule has 1 aliphatic heterocycles. The van der Waals surface area contributed by atoms with Gasteiger partial charge in [0.05, 0.1) is 34.7 Å². The highest BCUT2D eigenvalue weighted by molar-refractivity contribution is 7.84. The maximum atomic E-state index is 13.2. The number of aromatic nitrogens is 2. The zero-order valence-corrected chi connectivity index (χ0v) is 16.1. The number of imidazole rings is 1. The Morgan fingerprint density at radius 3 is 2.61 bits per heavy atom. The van der Waals surface area contributed by atoms with Crippen LogP contribution in [0.1, 0.15) is 5.56 Å². The highest BCUT2D eigenvalue weighted by Crippen LogP contribution is 2.42. The second kappa shape index (κ2) is 6.62. The van der Waals surface area contributed by atoms with Crippen molar-refractivity contribution in [1.82, 2.24) is 9.97 Å². The van der Waals surface area contributed by atoms with Crippen LogP contribution >= 0.6 is 0 Å². The highest BCUT2D eigenvalue weighted by atomic mass is 32.2. The van der Waals surface area contributed by atoms with E-state index in [1.54, 1.807) is 13.2 Å². The molecule has 0 aliphatic carbocycles. The van der Waals surface area contributed by atoms with Crippen LogP contribution in [-0.2, 0) is 16.6 Å². The van der Waals surface area contributed by atoms with Crippen molar-refractivity contribution in [3.8, 4) is 17.2 Å².